The molecule has 0 aliphatic carbocycles. The van der Waals surface area contributed by atoms with Crippen molar-refractivity contribution in [2.75, 3.05) is 19.5 Å². The van der Waals surface area contributed by atoms with E-state index < -0.39 is 5.97 Å². The monoisotopic (exact) mass is 322 g/mol. The maximum absolute atomic E-state index is 11.9. The predicted molar refractivity (Wildman–Crippen MR) is 82.2 cm³/mol. The molecule has 1 aromatic heterocycles. The van der Waals surface area contributed by atoms with Crippen molar-refractivity contribution >= 4 is 29.2 Å². The summed E-state index contributed by atoms with van der Waals surface area (Å²) in [4.78, 5) is 23.7. The quantitative estimate of drug-likeness (QED) is 0.827. The smallest absolute Gasteiger partial charge is 0.339 e. The fourth-order valence-corrected chi connectivity index (χ4v) is 2.15. The third-order valence-electron chi connectivity index (χ3n) is 3.02. The zero-order valence-electron chi connectivity index (χ0n) is 12.1. The molecule has 7 heteroatoms. The van der Waals surface area contributed by atoms with E-state index in [-0.39, 0.29) is 22.1 Å². The van der Waals surface area contributed by atoms with Crippen LogP contribution in [0.2, 0.25) is 5.02 Å². The van der Waals surface area contributed by atoms with Crippen molar-refractivity contribution in [3.05, 3.63) is 52.4 Å². The van der Waals surface area contributed by atoms with Gasteiger partial charge in [0.2, 0.25) is 0 Å². The number of rotatable bonds is 5. The first kappa shape index (κ1) is 15.9. The van der Waals surface area contributed by atoms with Crippen LogP contribution < -0.4 is 10.6 Å². The molecule has 0 radical (unpaired) electrons. The minimum atomic E-state index is -0.566. The summed E-state index contributed by atoms with van der Waals surface area (Å²) in [5.41, 5.74) is 0.881. The van der Waals surface area contributed by atoms with Crippen LogP contribution in [0.1, 0.15) is 26.5 Å². The highest BCUT2D eigenvalue weighted by atomic mass is 35.5. The van der Waals surface area contributed by atoms with Crippen molar-refractivity contribution in [3.63, 3.8) is 0 Å². The Hall–Kier alpha value is -2.47. The Morgan fingerprint density at radius 2 is 2.09 bits per heavy atom. The van der Waals surface area contributed by atoms with Gasteiger partial charge in [0.05, 0.1) is 41.8 Å². The molecule has 0 saturated heterocycles. The second kappa shape index (κ2) is 7.00. The van der Waals surface area contributed by atoms with E-state index in [4.69, 9.17) is 20.8 Å². The molecule has 116 valence electrons. The topological polar surface area (TPSA) is 80.6 Å². The summed E-state index contributed by atoms with van der Waals surface area (Å²) in [6.45, 7) is 0.368. The van der Waals surface area contributed by atoms with E-state index in [9.17, 15) is 9.59 Å². The lowest BCUT2D eigenvalue weighted by atomic mass is 10.1. The van der Waals surface area contributed by atoms with Gasteiger partial charge in [-0.15, -0.1) is 0 Å². The lowest BCUT2D eigenvalue weighted by molar-refractivity contribution is 0.0602. The number of benzene rings is 1. The number of hydrogen-bond donors (Lipinski definition) is 2. The lowest BCUT2D eigenvalue weighted by Gasteiger charge is -2.13. The number of amides is 1. The number of nitrogens with one attached hydrogen (secondary N) is 2. The molecular formula is C15H15ClN2O4. The molecule has 1 amide bonds. The van der Waals surface area contributed by atoms with E-state index >= 15 is 0 Å². The Balaban J connectivity index is 2.36. The molecule has 2 N–H and O–H groups in total. The number of furan rings is 1. The zero-order chi connectivity index (χ0) is 16.1. The molecule has 6 nitrogen and oxygen atoms in total. The number of esters is 1. The summed E-state index contributed by atoms with van der Waals surface area (Å²) >= 11 is 6.11. The third-order valence-corrected chi connectivity index (χ3v) is 3.33. The van der Waals surface area contributed by atoms with Crippen LogP contribution in [-0.4, -0.2) is 26.0 Å². The van der Waals surface area contributed by atoms with Crippen LogP contribution in [0.4, 0.5) is 5.69 Å². The molecule has 1 aromatic carbocycles. The first-order valence-electron chi connectivity index (χ1n) is 6.47. The molecular weight excluding hydrogens is 308 g/mol. The molecule has 0 fully saturated rings. The molecule has 1 heterocycles. The summed E-state index contributed by atoms with van der Waals surface area (Å²) in [6.07, 6.45) is 1.56. The highest BCUT2D eigenvalue weighted by molar-refractivity contribution is 6.34. The third kappa shape index (κ3) is 3.40. The number of carbonyl (C=O) groups excluding carboxylic acids is 2. The van der Waals surface area contributed by atoms with Gasteiger partial charge in [-0.05, 0) is 24.3 Å². The minimum Gasteiger partial charge on any atom is -0.467 e. The SMILES string of the molecule is CNC(=O)c1cc(C(=O)OC)c(NCc2ccco2)cc1Cl. The molecule has 0 bridgehead atoms. The highest BCUT2D eigenvalue weighted by Gasteiger charge is 2.19. The Bertz CT molecular complexity index is 683. The van der Waals surface area contributed by atoms with E-state index in [0.29, 0.717) is 18.0 Å². The van der Waals surface area contributed by atoms with E-state index in [1.165, 1.54) is 26.3 Å². The Kier molecular flexibility index (Phi) is 5.06. The van der Waals surface area contributed by atoms with Crippen molar-refractivity contribution in [3.8, 4) is 0 Å². The van der Waals surface area contributed by atoms with E-state index in [0.717, 1.165) is 0 Å². The summed E-state index contributed by atoms with van der Waals surface area (Å²) in [5, 5.41) is 5.74. The van der Waals surface area contributed by atoms with Gasteiger partial charge in [-0.3, -0.25) is 4.79 Å². The van der Waals surface area contributed by atoms with Gasteiger partial charge in [0, 0.05) is 7.05 Å². The number of carbonyl (C=O) groups is 2. The zero-order valence-corrected chi connectivity index (χ0v) is 12.9. The van der Waals surface area contributed by atoms with E-state index in [1.807, 2.05) is 0 Å². The van der Waals surface area contributed by atoms with Crippen LogP contribution >= 0.6 is 11.6 Å². The van der Waals surface area contributed by atoms with Crippen LogP contribution in [0.15, 0.2) is 34.9 Å². The Morgan fingerprint density at radius 1 is 1.32 bits per heavy atom. The maximum Gasteiger partial charge on any atom is 0.339 e. The van der Waals surface area contributed by atoms with Gasteiger partial charge in [-0.2, -0.15) is 0 Å². The highest BCUT2D eigenvalue weighted by Crippen LogP contribution is 2.27. The summed E-state index contributed by atoms with van der Waals surface area (Å²) in [6, 6.07) is 6.48. The van der Waals surface area contributed by atoms with Crippen LogP contribution in [0, 0.1) is 0 Å². The van der Waals surface area contributed by atoms with Crippen molar-refractivity contribution in [1.82, 2.24) is 5.32 Å². The summed E-state index contributed by atoms with van der Waals surface area (Å²) in [5.74, 6) is -0.251. The molecule has 0 unspecified atom stereocenters. The van der Waals surface area contributed by atoms with Gasteiger partial charge in [0.1, 0.15) is 5.76 Å². The second-order valence-corrected chi connectivity index (χ2v) is 4.79. The summed E-state index contributed by atoms with van der Waals surface area (Å²) in [7, 11) is 2.76. The van der Waals surface area contributed by atoms with Crippen LogP contribution in [0.25, 0.3) is 0 Å². The largest absolute Gasteiger partial charge is 0.467 e. The van der Waals surface area contributed by atoms with Crippen LogP contribution in [0.3, 0.4) is 0 Å². The Morgan fingerprint density at radius 3 is 2.68 bits per heavy atom. The molecule has 0 atom stereocenters. The maximum atomic E-state index is 11.9. The van der Waals surface area contributed by atoms with Crippen molar-refractivity contribution in [2.45, 2.75) is 6.54 Å². The number of anilines is 1. The normalized spacial score (nSPS) is 10.1. The number of ether oxygens (including phenoxy) is 1. The predicted octanol–water partition coefficient (Wildman–Crippen LogP) is 2.69. The number of hydrogen-bond acceptors (Lipinski definition) is 5. The molecule has 0 aliphatic rings. The first-order chi connectivity index (χ1) is 10.6. The van der Waals surface area contributed by atoms with Crippen molar-refractivity contribution in [1.29, 1.82) is 0 Å². The van der Waals surface area contributed by atoms with E-state index in [1.54, 1.807) is 18.4 Å². The molecule has 0 spiro atoms. The minimum absolute atomic E-state index is 0.202. The molecule has 22 heavy (non-hydrogen) atoms. The molecule has 2 aromatic rings. The van der Waals surface area contributed by atoms with Gasteiger partial charge in [0.15, 0.2) is 0 Å². The number of methoxy groups -OCH3 is 1. The van der Waals surface area contributed by atoms with Gasteiger partial charge in [-0.1, -0.05) is 11.6 Å². The van der Waals surface area contributed by atoms with Crippen LogP contribution in [-0.2, 0) is 11.3 Å². The van der Waals surface area contributed by atoms with Gasteiger partial charge in [0.25, 0.3) is 5.91 Å². The second-order valence-electron chi connectivity index (χ2n) is 4.38. The van der Waals surface area contributed by atoms with E-state index in [2.05, 4.69) is 10.6 Å². The first-order valence-corrected chi connectivity index (χ1v) is 6.84. The average Bonchev–Trinajstić information content (AvgIpc) is 3.04. The fraction of sp³-hybridized carbons (Fsp3) is 0.200. The van der Waals surface area contributed by atoms with Crippen molar-refractivity contribution in [2.24, 2.45) is 0 Å². The van der Waals surface area contributed by atoms with Gasteiger partial charge in [-0.25, -0.2) is 4.79 Å². The fourth-order valence-electron chi connectivity index (χ4n) is 1.90. The molecule has 0 aliphatic heterocycles. The molecule has 0 saturated carbocycles. The summed E-state index contributed by atoms with van der Waals surface area (Å²) < 4.78 is 9.96. The molecule has 2 rings (SSSR count). The number of halogens is 1. The van der Waals surface area contributed by atoms with Crippen molar-refractivity contribution < 1.29 is 18.7 Å². The average molecular weight is 323 g/mol. The standard InChI is InChI=1S/C15H15ClN2O4/c1-17-14(19)10-6-11(15(20)21-2)13(7-12(10)16)18-8-9-4-3-5-22-9/h3-7,18H,8H2,1-2H3,(H,17,19). The lowest BCUT2D eigenvalue weighted by Crippen LogP contribution is -2.19. The van der Waals surface area contributed by atoms with Gasteiger partial charge < -0.3 is 19.8 Å². The van der Waals surface area contributed by atoms with Gasteiger partial charge >= 0.3 is 5.97 Å². The Labute approximate surface area is 132 Å². The van der Waals surface area contributed by atoms with Crippen LogP contribution in [0.5, 0.6) is 0 Å².